The first kappa shape index (κ1) is 15.6. The van der Waals surface area contributed by atoms with Gasteiger partial charge in [0, 0.05) is 5.56 Å². The van der Waals surface area contributed by atoms with Crippen LogP contribution in [0.4, 0.5) is 0 Å². The number of quaternary nitrogens is 1. The van der Waals surface area contributed by atoms with Crippen molar-refractivity contribution in [2.24, 2.45) is 0 Å². The summed E-state index contributed by atoms with van der Waals surface area (Å²) >= 11 is 1.57. The Morgan fingerprint density at radius 2 is 2.00 bits per heavy atom. The second-order valence-electron chi connectivity index (χ2n) is 6.71. The van der Waals surface area contributed by atoms with E-state index in [0.717, 1.165) is 22.9 Å². The van der Waals surface area contributed by atoms with Crippen LogP contribution in [0.15, 0.2) is 24.3 Å². The average Bonchev–Trinajstić information content (AvgIpc) is 3.07. The van der Waals surface area contributed by atoms with E-state index in [-0.39, 0.29) is 11.9 Å². The van der Waals surface area contributed by atoms with Crippen molar-refractivity contribution in [3.63, 3.8) is 0 Å². The van der Waals surface area contributed by atoms with Gasteiger partial charge in [-0.3, -0.25) is 0 Å². The number of nitrogens with one attached hydrogen (secondary N) is 1. The van der Waals surface area contributed by atoms with Gasteiger partial charge in [0.05, 0.1) is 13.1 Å². The van der Waals surface area contributed by atoms with Gasteiger partial charge < -0.3 is 10.0 Å². The Bertz CT molecular complexity index is 863. The molecule has 3 aromatic rings. The molecule has 1 fully saturated rings. The minimum Gasteiger partial charge on any atom is -0.492 e. The van der Waals surface area contributed by atoms with Crippen LogP contribution in [0.5, 0.6) is 5.88 Å². The number of likely N-dealkylation sites (tertiary alicyclic amines) is 1. The summed E-state index contributed by atoms with van der Waals surface area (Å²) in [5, 5.41) is 15.1. The van der Waals surface area contributed by atoms with Gasteiger partial charge in [-0.1, -0.05) is 35.1 Å². The van der Waals surface area contributed by atoms with Crippen LogP contribution in [0.1, 0.15) is 47.1 Å². The molecular weight excluding hydrogens is 320 g/mol. The molecule has 0 saturated carbocycles. The van der Waals surface area contributed by atoms with E-state index >= 15 is 0 Å². The molecule has 1 aliphatic rings. The van der Waals surface area contributed by atoms with Gasteiger partial charge >= 0.3 is 0 Å². The number of fused-ring (bicyclic) bond motifs is 1. The van der Waals surface area contributed by atoms with Crippen LogP contribution in [-0.2, 0) is 0 Å². The number of aromatic nitrogens is 3. The number of thiazole rings is 1. The Hall–Kier alpha value is -1.92. The summed E-state index contributed by atoms with van der Waals surface area (Å²) in [6.45, 7) is 6.26. The van der Waals surface area contributed by atoms with Crippen molar-refractivity contribution in [2.45, 2.75) is 39.2 Å². The third kappa shape index (κ3) is 2.70. The smallest absolute Gasteiger partial charge is 0.235 e. The zero-order chi connectivity index (χ0) is 16.7. The first-order valence-electron chi connectivity index (χ1n) is 8.59. The maximum absolute atomic E-state index is 10.8. The number of nitrogens with zero attached hydrogens (tertiary/aromatic N) is 3. The molecule has 1 aliphatic heterocycles. The first-order chi connectivity index (χ1) is 11.6. The monoisotopic (exact) mass is 343 g/mol. The number of aryl methyl sites for hydroxylation is 2. The van der Waals surface area contributed by atoms with Gasteiger partial charge in [0.2, 0.25) is 10.8 Å². The third-order valence-corrected chi connectivity index (χ3v) is 5.93. The lowest BCUT2D eigenvalue weighted by Gasteiger charge is -2.31. The molecule has 24 heavy (non-hydrogen) atoms. The van der Waals surface area contributed by atoms with Crippen LogP contribution in [0.3, 0.4) is 0 Å². The molecule has 0 amide bonds. The van der Waals surface area contributed by atoms with Gasteiger partial charge in [-0.05, 0) is 39.2 Å². The second kappa shape index (κ2) is 6.18. The zero-order valence-corrected chi connectivity index (χ0v) is 14.9. The van der Waals surface area contributed by atoms with Crippen molar-refractivity contribution in [3.8, 4) is 5.88 Å². The highest BCUT2D eigenvalue weighted by molar-refractivity contribution is 7.17. The van der Waals surface area contributed by atoms with E-state index in [2.05, 4.69) is 41.3 Å². The number of hydrogen-bond acceptors (Lipinski definition) is 4. The molecule has 5 nitrogen and oxygen atoms in total. The van der Waals surface area contributed by atoms with E-state index < -0.39 is 0 Å². The Labute approximate surface area is 145 Å². The van der Waals surface area contributed by atoms with Crippen molar-refractivity contribution < 1.29 is 10.0 Å². The van der Waals surface area contributed by atoms with Crippen LogP contribution in [0, 0.1) is 13.8 Å². The minimum absolute atomic E-state index is 0.152. The van der Waals surface area contributed by atoms with E-state index in [1.165, 1.54) is 35.3 Å². The fourth-order valence-electron chi connectivity index (χ4n) is 3.75. The Morgan fingerprint density at radius 1 is 1.21 bits per heavy atom. The molecule has 0 aliphatic carbocycles. The van der Waals surface area contributed by atoms with Crippen LogP contribution in [0.2, 0.25) is 0 Å². The van der Waals surface area contributed by atoms with Crippen molar-refractivity contribution >= 4 is 16.3 Å². The van der Waals surface area contributed by atoms with Gasteiger partial charge in [0.1, 0.15) is 10.7 Å². The molecule has 2 aromatic heterocycles. The summed E-state index contributed by atoms with van der Waals surface area (Å²) in [7, 11) is 0. The molecule has 0 unspecified atom stereocenters. The van der Waals surface area contributed by atoms with Crippen LogP contribution >= 0.6 is 11.3 Å². The molecule has 3 heterocycles. The standard InChI is InChI=1S/C18H22N4OS/c1-12-7-6-8-14(11-12)15(21-9-4-3-5-10-21)16-17(23)22-18(24-16)19-13(2)20-22/h6-8,11,15,23H,3-5,9-10H2,1-2H3/p+1/t15-/m0/s1. The summed E-state index contributed by atoms with van der Waals surface area (Å²) in [6.07, 6.45) is 3.81. The predicted molar refractivity (Wildman–Crippen MR) is 94.8 cm³/mol. The van der Waals surface area contributed by atoms with Gasteiger partial charge in [0.15, 0.2) is 6.04 Å². The van der Waals surface area contributed by atoms with E-state index in [9.17, 15) is 5.11 Å². The molecule has 0 radical (unpaired) electrons. The number of rotatable bonds is 3. The van der Waals surface area contributed by atoms with Crippen molar-refractivity contribution in [1.82, 2.24) is 14.6 Å². The number of hydrogen-bond donors (Lipinski definition) is 2. The van der Waals surface area contributed by atoms with Gasteiger partial charge in [-0.25, -0.2) is 4.98 Å². The van der Waals surface area contributed by atoms with Gasteiger partial charge in [-0.2, -0.15) is 4.52 Å². The average molecular weight is 343 g/mol. The Balaban J connectivity index is 1.84. The van der Waals surface area contributed by atoms with Crippen molar-refractivity contribution in [3.05, 3.63) is 46.1 Å². The summed E-state index contributed by atoms with van der Waals surface area (Å²) in [6, 6.07) is 8.81. The van der Waals surface area contributed by atoms with Gasteiger partial charge in [-0.15, -0.1) is 5.10 Å². The van der Waals surface area contributed by atoms with E-state index in [1.807, 2.05) is 6.92 Å². The number of aromatic hydroxyl groups is 1. The molecule has 6 heteroatoms. The molecule has 0 spiro atoms. The highest BCUT2D eigenvalue weighted by Gasteiger charge is 2.33. The van der Waals surface area contributed by atoms with Crippen molar-refractivity contribution in [1.29, 1.82) is 0 Å². The second-order valence-corrected chi connectivity index (χ2v) is 7.72. The lowest BCUT2D eigenvalue weighted by atomic mass is 9.99. The van der Waals surface area contributed by atoms with Gasteiger partial charge in [0.25, 0.3) is 0 Å². The third-order valence-electron chi connectivity index (χ3n) is 4.85. The zero-order valence-electron chi connectivity index (χ0n) is 14.1. The molecule has 1 aromatic carbocycles. The topological polar surface area (TPSA) is 54.9 Å². The molecule has 2 N–H and O–H groups in total. The molecule has 126 valence electrons. The van der Waals surface area contributed by atoms with Crippen LogP contribution in [-0.4, -0.2) is 32.8 Å². The maximum Gasteiger partial charge on any atom is 0.235 e. The van der Waals surface area contributed by atoms with E-state index in [0.29, 0.717) is 5.82 Å². The first-order valence-corrected chi connectivity index (χ1v) is 9.41. The highest BCUT2D eigenvalue weighted by atomic mass is 32.1. The predicted octanol–water partition coefficient (Wildman–Crippen LogP) is 2.27. The Kier molecular flexibility index (Phi) is 4.02. The molecule has 1 atom stereocenters. The summed E-state index contributed by atoms with van der Waals surface area (Å²) < 4.78 is 1.58. The number of piperidine rings is 1. The van der Waals surface area contributed by atoms with E-state index in [4.69, 9.17) is 0 Å². The lowest BCUT2D eigenvalue weighted by Crippen LogP contribution is -3.13. The van der Waals surface area contributed by atoms with Crippen LogP contribution < -0.4 is 4.90 Å². The lowest BCUT2D eigenvalue weighted by molar-refractivity contribution is -0.929. The highest BCUT2D eigenvalue weighted by Crippen LogP contribution is 2.35. The van der Waals surface area contributed by atoms with E-state index in [1.54, 1.807) is 15.9 Å². The quantitative estimate of drug-likeness (QED) is 0.767. The SMILES string of the molecule is Cc1cccc([C@@H](c2sc3nc(C)nn3c2O)[NH+]2CCCCC2)c1. The Morgan fingerprint density at radius 3 is 2.71 bits per heavy atom. The number of benzene rings is 1. The summed E-state index contributed by atoms with van der Waals surface area (Å²) in [4.78, 5) is 7.72. The van der Waals surface area contributed by atoms with Crippen LogP contribution in [0.25, 0.3) is 4.96 Å². The fourth-order valence-corrected chi connectivity index (χ4v) is 4.94. The fraction of sp³-hybridized carbons (Fsp3) is 0.444. The maximum atomic E-state index is 10.8. The largest absolute Gasteiger partial charge is 0.492 e. The molecule has 4 rings (SSSR count). The summed E-state index contributed by atoms with van der Waals surface area (Å²) in [5.74, 6) is 0.945. The molecule has 1 saturated heterocycles. The molecule has 0 bridgehead atoms. The normalized spacial score (nSPS) is 17.4. The minimum atomic E-state index is 0.152. The molecular formula is C18H23N4OS+. The summed E-state index contributed by atoms with van der Waals surface area (Å²) in [5.41, 5.74) is 2.52. The van der Waals surface area contributed by atoms with Crippen molar-refractivity contribution in [2.75, 3.05) is 13.1 Å².